The molecule has 1 aliphatic carbocycles. The Balaban J connectivity index is 1.27. The number of methoxy groups -OCH3 is 1. The molecule has 2 fully saturated rings. The maximum atomic E-state index is 13.8. The average molecular weight is 444 g/mol. The highest BCUT2D eigenvalue weighted by Crippen LogP contribution is 2.57. The molecule has 2 aromatic rings. The number of piperidine rings is 1. The monoisotopic (exact) mass is 443 g/mol. The number of hydrogen-bond donors (Lipinski definition) is 0. The van der Waals surface area contributed by atoms with Crippen LogP contribution in [0, 0.1) is 17.2 Å². The van der Waals surface area contributed by atoms with Gasteiger partial charge in [-0.1, -0.05) is 0 Å². The second-order valence-electron chi connectivity index (χ2n) is 8.76. The zero-order chi connectivity index (χ0) is 22.6. The van der Waals surface area contributed by atoms with Gasteiger partial charge in [0.15, 0.2) is 0 Å². The van der Waals surface area contributed by atoms with Crippen molar-refractivity contribution in [3.63, 3.8) is 0 Å². The van der Waals surface area contributed by atoms with Crippen LogP contribution in [0.5, 0.6) is 11.5 Å². The van der Waals surface area contributed by atoms with Gasteiger partial charge in [-0.3, -0.25) is 4.79 Å². The van der Waals surface area contributed by atoms with E-state index in [9.17, 15) is 9.18 Å². The maximum Gasteiger partial charge on any atom is 0.308 e. The highest BCUT2D eigenvalue weighted by molar-refractivity contribution is 5.69. The Kier molecular flexibility index (Phi) is 6.89. The van der Waals surface area contributed by atoms with Crippen LogP contribution in [0.4, 0.5) is 10.3 Å². The Labute approximate surface area is 187 Å². The van der Waals surface area contributed by atoms with Crippen LogP contribution >= 0.6 is 0 Å². The lowest BCUT2D eigenvalue weighted by atomic mass is 9.79. The Hall–Kier alpha value is -2.74. The first-order valence-electron chi connectivity index (χ1n) is 11.1. The fourth-order valence-electron chi connectivity index (χ4n) is 4.68. The Morgan fingerprint density at radius 1 is 1.16 bits per heavy atom. The molecule has 7 nitrogen and oxygen atoms in total. The van der Waals surface area contributed by atoms with E-state index in [-0.39, 0.29) is 5.75 Å². The molecular formula is C24H30FN3O4. The summed E-state index contributed by atoms with van der Waals surface area (Å²) in [4.78, 5) is 22.4. The predicted octanol–water partition coefficient (Wildman–Crippen LogP) is 4.15. The molecule has 4 rings (SSSR count). The molecule has 2 heterocycles. The third kappa shape index (κ3) is 5.54. The van der Waals surface area contributed by atoms with E-state index in [2.05, 4.69) is 14.9 Å². The number of esters is 1. The fourth-order valence-corrected chi connectivity index (χ4v) is 4.68. The summed E-state index contributed by atoms with van der Waals surface area (Å²) in [6.45, 7) is 4.23. The van der Waals surface area contributed by atoms with Gasteiger partial charge >= 0.3 is 5.97 Å². The van der Waals surface area contributed by atoms with E-state index in [1.165, 1.54) is 31.9 Å². The van der Waals surface area contributed by atoms with Crippen molar-refractivity contribution in [3.05, 3.63) is 42.0 Å². The van der Waals surface area contributed by atoms with Crippen molar-refractivity contribution in [2.75, 3.05) is 31.7 Å². The van der Waals surface area contributed by atoms with Gasteiger partial charge in [-0.05, 0) is 43.4 Å². The molecule has 172 valence electrons. The molecule has 0 unspecified atom stereocenters. The lowest BCUT2D eigenvalue weighted by Gasteiger charge is -2.36. The molecule has 0 amide bonds. The SMILES string of the molecule is COCc1cnc(N2CCC(C3(CCOc4cc(F)cc(OC(C)=O)c4)CC3)CC2)nc1. The Morgan fingerprint density at radius 3 is 2.47 bits per heavy atom. The van der Waals surface area contributed by atoms with Crippen LogP contribution < -0.4 is 14.4 Å². The summed E-state index contributed by atoms with van der Waals surface area (Å²) in [6.07, 6.45) is 9.25. The van der Waals surface area contributed by atoms with E-state index in [0.717, 1.165) is 43.9 Å². The molecule has 8 heteroatoms. The van der Waals surface area contributed by atoms with Gasteiger partial charge in [-0.2, -0.15) is 0 Å². The first-order valence-corrected chi connectivity index (χ1v) is 11.1. The lowest BCUT2D eigenvalue weighted by Crippen LogP contribution is -2.38. The van der Waals surface area contributed by atoms with Crippen LogP contribution in [0.25, 0.3) is 0 Å². The minimum absolute atomic E-state index is 0.165. The normalized spacial score (nSPS) is 17.8. The van der Waals surface area contributed by atoms with Gasteiger partial charge in [0.1, 0.15) is 17.3 Å². The molecule has 0 spiro atoms. The van der Waals surface area contributed by atoms with Gasteiger partial charge in [-0.25, -0.2) is 14.4 Å². The first-order chi connectivity index (χ1) is 15.5. The molecule has 1 aliphatic heterocycles. The minimum Gasteiger partial charge on any atom is -0.493 e. The molecule has 1 aromatic carbocycles. The van der Waals surface area contributed by atoms with Gasteiger partial charge in [0, 0.05) is 63.3 Å². The van der Waals surface area contributed by atoms with Gasteiger partial charge in [-0.15, -0.1) is 0 Å². The topological polar surface area (TPSA) is 73.8 Å². The number of nitrogens with zero attached hydrogens (tertiary/aromatic N) is 3. The second-order valence-corrected chi connectivity index (χ2v) is 8.76. The highest BCUT2D eigenvalue weighted by atomic mass is 19.1. The molecule has 1 aromatic heterocycles. The summed E-state index contributed by atoms with van der Waals surface area (Å²) < 4.78 is 29.7. The number of carbonyl (C=O) groups is 1. The largest absolute Gasteiger partial charge is 0.493 e. The first kappa shape index (κ1) is 22.5. The van der Waals surface area contributed by atoms with E-state index < -0.39 is 11.8 Å². The molecule has 0 atom stereocenters. The molecule has 1 saturated carbocycles. The van der Waals surface area contributed by atoms with Gasteiger partial charge < -0.3 is 19.1 Å². The third-order valence-electron chi connectivity index (χ3n) is 6.51. The lowest BCUT2D eigenvalue weighted by molar-refractivity contribution is -0.131. The molecule has 0 N–H and O–H groups in total. The number of carbonyl (C=O) groups excluding carboxylic acids is 1. The van der Waals surface area contributed by atoms with Crippen molar-refractivity contribution >= 4 is 11.9 Å². The van der Waals surface area contributed by atoms with E-state index in [1.54, 1.807) is 13.2 Å². The van der Waals surface area contributed by atoms with Crippen molar-refractivity contribution in [1.29, 1.82) is 0 Å². The van der Waals surface area contributed by atoms with Crippen molar-refractivity contribution in [2.45, 2.75) is 45.6 Å². The molecule has 1 saturated heterocycles. The average Bonchev–Trinajstić information content (AvgIpc) is 3.55. The smallest absolute Gasteiger partial charge is 0.308 e. The van der Waals surface area contributed by atoms with Crippen LogP contribution in [-0.2, 0) is 16.1 Å². The van der Waals surface area contributed by atoms with E-state index >= 15 is 0 Å². The van der Waals surface area contributed by atoms with Crippen LogP contribution in [0.15, 0.2) is 30.6 Å². The van der Waals surface area contributed by atoms with E-state index in [4.69, 9.17) is 14.2 Å². The van der Waals surface area contributed by atoms with E-state index in [0.29, 0.717) is 30.3 Å². The number of halogens is 1. The van der Waals surface area contributed by atoms with Crippen LogP contribution in [0.2, 0.25) is 0 Å². The van der Waals surface area contributed by atoms with Crippen molar-refractivity contribution in [1.82, 2.24) is 9.97 Å². The van der Waals surface area contributed by atoms with Gasteiger partial charge in [0.25, 0.3) is 0 Å². The Bertz CT molecular complexity index is 925. The molecule has 0 bridgehead atoms. The summed E-state index contributed by atoms with van der Waals surface area (Å²) in [5, 5.41) is 0. The fraction of sp³-hybridized carbons (Fsp3) is 0.542. The number of anilines is 1. The van der Waals surface area contributed by atoms with Gasteiger partial charge in [0.05, 0.1) is 13.2 Å². The standard InChI is InChI=1S/C24H30FN3O4/c1-17(29)32-22-12-20(25)11-21(13-22)31-10-7-24(5-6-24)19-3-8-28(9-4-19)23-26-14-18(15-27-23)16-30-2/h11-15,19H,3-10,16H2,1-2H3. The summed E-state index contributed by atoms with van der Waals surface area (Å²) in [7, 11) is 1.66. The zero-order valence-electron chi connectivity index (χ0n) is 18.7. The van der Waals surface area contributed by atoms with Crippen LogP contribution in [-0.4, -0.2) is 42.7 Å². The van der Waals surface area contributed by atoms with Crippen molar-refractivity contribution in [2.24, 2.45) is 11.3 Å². The molecular weight excluding hydrogens is 413 g/mol. The van der Waals surface area contributed by atoms with Crippen molar-refractivity contribution < 1.29 is 23.4 Å². The van der Waals surface area contributed by atoms with E-state index in [1.807, 2.05) is 12.4 Å². The molecule has 0 radical (unpaired) electrons. The predicted molar refractivity (Wildman–Crippen MR) is 117 cm³/mol. The third-order valence-corrected chi connectivity index (χ3v) is 6.51. The quantitative estimate of drug-likeness (QED) is 0.426. The minimum atomic E-state index is -0.485. The number of benzene rings is 1. The second kappa shape index (κ2) is 9.81. The van der Waals surface area contributed by atoms with Crippen molar-refractivity contribution in [3.8, 4) is 11.5 Å². The number of aromatic nitrogens is 2. The Morgan fingerprint density at radius 2 is 1.84 bits per heavy atom. The number of rotatable bonds is 9. The summed E-state index contributed by atoms with van der Waals surface area (Å²) >= 11 is 0. The summed E-state index contributed by atoms with van der Waals surface area (Å²) in [6, 6.07) is 4.06. The molecule has 32 heavy (non-hydrogen) atoms. The zero-order valence-corrected chi connectivity index (χ0v) is 18.7. The van der Waals surface area contributed by atoms with Gasteiger partial charge in [0.2, 0.25) is 5.95 Å². The maximum absolute atomic E-state index is 13.8. The number of ether oxygens (including phenoxy) is 3. The van der Waals surface area contributed by atoms with Crippen LogP contribution in [0.1, 0.15) is 44.6 Å². The number of hydrogen-bond acceptors (Lipinski definition) is 7. The summed E-state index contributed by atoms with van der Waals surface area (Å²) in [5.41, 5.74) is 1.29. The van der Waals surface area contributed by atoms with Crippen LogP contribution in [0.3, 0.4) is 0 Å². The summed E-state index contributed by atoms with van der Waals surface area (Å²) in [5.74, 6) is 1.02. The molecule has 2 aliphatic rings. The highest BCUT2D eigenvalue weighted by Gasteiger charge is 2.49.